The molecule has 63 heavy (non-hydrogen) atoms. The Labute approximate surface area is 406 Å². The van der Waals surface area contributed by atoms with Gasteiger partial charge in [0.2, 0.25) is 0 Å². The molecule has 0 heterocycles. The maximum atomic E-state index is 5.36. The zero-order chi connectivity index (χ0) is 44.2. The van der Waals surface area contributed by atoms with E-state index in [-0.39, 0.29) is 20.4 Å². The van der Waals surface area contributed by atoms with E-state index >= 15 is 0 Å². The van der Waals surface area contributed by atoms with Crippen LogP contribution < -0.4 is 0 Å². The third-order valence-electron chi connectivity index (χ3n) is 12.4. The molecule has 3 heteroatoms. The molecule has 0 bridgehead atoms. The van der Waals surface area contributed by atoms with Gasteiger partial charge in [-0.15, -0.1) is 0 Å². The minimum atomic E-state index is 0. The van der Waals surface area contributed by atoms with E-state index in [2.05, 4.69) is 99.9 Å². The number of hydrogen-bond donors (Lipinski definition) is 0. The minimum absolute atomic E-state index is 0. The summed E-state index contributed by atoms with van der Waals surface area (Å²) < 4.78 is 0. The van der Waals surface area contributed by atoms with Crippen molar-refractivity contribution in [2.24, 2.45) is 9.98 Å². The smallest absolute Gasteiger partial charge is 0.0646 e. The van der Waals surface area contributed by atoms with E-state index < -0.39 is 0 Å². The standard InChI is InChI=1S/C60H96N2.Pd/c1-5-9-13-16-19-21-23-25-27-29-31-33-35-37-40-45-55-47-43-49-57(53-55)61-59(51-12-8-4)60(52-42-39-18-15-11-7-3)62-58-50-44-48-56(54-58)46-41-38-36-34-32-30-28-26-24-22-20-17-14-10-6-2;/h43-44,47-50,53-54H,5-39,42,51-52H2,1-4H3;. The first-order chi connectivity index (χ1) is 30.7. The van der Waals surface area contributed by atoms with Crippen molar-refractivity contribution in [2.75, 3.05) is 0 Å². The van der Waals surface area contributed by atoms with Crippen LogP contribution in [0.5, 0.6) is 0 Å². The largest absolute Gasteiger partial charge is 0.252 e. The summed E-state index contributed by atoms with van der Waals surface area (Å²) in [5.41, 5.74) is 6.40. The van der Waals surface area contributed by atoms with Gasteiger partial charge < -0.3 is 0 Å². The molecule has 0 aliphatic heterocycles. The molecule has 0 saturated heterocycles. The van der Waals surface area contributed by atoms with Crippen molar-refractivity contribution < 1.29 is 20.4 Å². The Morgan fingerprint density at radius 2 is 0.635 bits per heavy atom. The van der Waals surface area contributed by atoms with Gasteiger partial charge in [-0.3, -0.25) is 9.98 Å². The summed E-state index contributed by atoms with van der Waals surface area (Å²) in [6.07, 6.45) is 49.7. The molecular weight excluding hydrogens is 855 g/mol. The summed E-state index contributed by atoms with van der Waals surface area (Å²) in [4.78, 5) is 10.7. The summed E-state index contributed by atoms with van der Waals surface area (Å²) in [6, 6.07) is 17.2. The van der Waals surface area contributed by atoms with E-state index in [1.54, 1.807) is 0 Å². The number of rotatable bonds is 39. The quantitative estimate of drug-likeness (QED) is 0.0276. The number of hydrogen-bond acceptors (Lipinski definition) is 2. The van der Waals surface area contributed by atoms with Gasteiger partial charge in [0.15, 0.2) is 0 Å². The van der Waals surface area contributed by atoms with E-state index in [1.807, 2.05) is 0 Å². The summed E-state index contributed by atoms with van der Waals surface area (Å²) >= 11 is 0. The van der Waals surface area contributed by atoms with Crippen LogP contribution in [0.3, 0.4) is 0 Å². The second-order valence-corrected chi connectivity index (χ2v) is 18.4. The van der Waals surface area contributed by atoms with Crippen LogP contribution in [0, 0.1) is 23.7 Å². The fraction of sp³-hybridized carbons (Fsp3) is 0.700. The normalized spacial score (nSPS) is 11.5. The average molecular weight is 952 g/mol. The number of aliphatic imine (C=N–C) groups is 2. The van der Waals surface area contributed by atoms with E-state index in [9.17, 15) is 0 Å². The predicted molar refractivity (Wildman–Crippen MR) is 279 cm³/mol. The zero-order valence-electron chi connectivity index (χ0n) is 41.7. The Hall–Kier alpha value is -2.44. The molecule has 0 amide bonds. The molecule has 0 aliphatic rings. The molecule has 0 unspecified atom stereocenters. The van der Waals surface area contributed by atoms with E-state index in [4.69, 9.17) is 9.98 Å². The molecule has 356 valence electrons. The maximum absolute atomic E-state index is 5.36. The molecule has 2 aromatic carbocycles. The molecule has 0 aromatic heterocycles. The van der Waals surface area contributed by atoms with Gasteiger partial charge in [-0.25, -0.2) is 0 Å². The molecule has 0 spiro atoms. The fourth-order valence-electron chi connectivity index (χ4n) is 8.36. The van der Waals surface area contributed by atoms with Gasteiger partial charge in [-0.1, -0.05) is 256 Å². The van der Waals surface area contributed by atoms with Crippen molar-refractivity contribution in [2.45, 2.75) is 272 Å². The van der Waals surface area contributed by atoms with Gasteiger partial charge in [0.1, 0.15) is 0 Å². The van der Waals surface area contributed by atoms with Gasteiger partial charge in [-0.05, 0) is 74.9 Å². The van der Waals surface area contributed by atoms with Crippen LogP contribution in [0.4, 0.5) is 11.4 Å². The first-order valence-corrected chi connectivity index (χ1v) is 27.0. The van der Waals surface area contributed by atoms with Crippen molar-refractivity contribution in [1.29, 1.82) is 0 Å². The van der Waals surface area contributed by atoms with Crippen molar-refractivity contribution in [3.05, 3.63) is 59.7 Å². The van der Waals surface area contributed by atoms with Gasteiger partial charge in [-0.2, -0.15) is 0 Å². The van der Waals surface area contributed by atoms with E-state index in [1.165, 1.54) is 199 Å². The molecule has 0 saturated carbocycles. The zero-order valence-corrected chi connectivity index (χ0v) is 43.3. The molecule has 0 aliphatic carbocycles. The predicted octanol–water partition coefficient (Wildman–Crippen LogP) is 20.1. The topological polar surface area (TPSA) is 24.7 Å². The molecular formula is C60H96N2Pd. The number of unbranched alkanes of at least 4 members (excludes halogenated alkanes) is 32. The van der Waals surface area contributed by atoms with Gasteiger partial charge in [0, 0.05) is 44.4 Å². The molecule has 0 radical (unpaired) electrons. The van der Waals surface area contributed by atoms with Crippen LogP contribution in [-0.4, -0.2) is 11.4 Å². The van der Waals surface area contributed by atoms with Gasteiger partial charge in [0.05, 0.1) is 22.8 Å². The Morgan fingerprint density at radius 1 is 0.349 bits per heavy atom. The monoisotopic (exact) mass is 951 g/mol. The molecule has 0 atom stereocenters. The van der Waals surface area contributed by atoms with Crippen LogP contribution >= 0.6 is 0 Å². The van der Waals surface area contributed by atoms with E-state index in [0.717, 1.165) is 78.9 Å². The second kappa shape index (κ2) is 44.8. The second-order valence-electron chi connectivity index (χ2n) is 18.4. The van der Waals surface area contributed by atoms with Crippen molar-refractivity contribution in [3.8, 4) is 23.7 Å². The summed E-state index contributed by atoms with van der Waals surface area (Å²) in [6.45, 7) is 9.16. The number of benzene rings is 2. The molecule has 2 rings (SSSR count). The fourth-order valence-corrected chi connectivity index (χ4v) is 8.36. The third-order valence-corrected chi connectivity index (χ3v) is 12.4. The molecule has 0 N–H and O–H groups in total. The van der Waals surface area contributed by atoms with E-state index in [0.29, 0.717) is 0 Å². The summed E-state index contributed by atoms with van der Waals surface area (Å²) in [7, 11) is 0. The average Bonchev–Trinajstić information content (AvgIpc) is 3.28. The maximum Gasteiger partial charge on any atom is 0.0646 e. The molecule has 0 fully saturated rings. The van der Waals surface area contributed by atoms with Crippen molar-refractivity contribution >= 4 is 22.8 Å². The SMILES string of the molecule is CCCCCCCCCCCCCCCC#Cc1cccc(N=C(CCCC)C(CCCCCCCC)=Nc2cccc(C#CCCCCCCCCCCCCCCC)c2)c1.[Pd]. The Morgan fingerprint density at radius 3 is 0.968 bits per heavy atom. The van der Waals surface area contributed by atoms with Crippen molar-refractivity contribution in [1.82, 2.24) is 0 Å². The molecule has 2 nitrogen and oxygen atoms in total. The van der Waals surface area contributed by atoms with Gasteiger partial charge in [0.25, 0.3) is 0 Å². The Kier molecular flexibility index (Phi) is 41.6. The van der Waals surface area contributed by atoms with Crippen LogP contribution in [0.15, 0.2) is 58.5 Å². The first-order valence-electron chi connectivity index (χ1n) is 27.0. The minimum Gasteiger partial charge on any atom is -0.252 e. The summed E-state index contributed by atoms with van der Waals surface area (Å²) in [5, 5.41) is 0. The van der Waals surface area contributed by atoms with Crippen LogP contribution in [0.25, 0.3) is 0 Å². The van der Waals surface area contributed by atoms with Crippen LogP contribution in [0.2, 0.25) is 0 Å². The third kappa shape index (κ3) is 34.6. The first kappa shape index (κ1) is 58.6. The Bertz CT molecular complexity index is 1530. The van der Waals surface area contributed by atoms with Crippen LogP contribution in [-0.2, 0) is 20.4 Å². The van der Waals surface area contributed by atoms with Gasteiger partial charge >= 0.3 is 0 Å². The Balaban J connectivity index is 0.0000198. The summed E-state index contributed by atoms with van der Waals surface area (Å²) in [5.74, 6) is 13.9. The molecule has 2 aromatic rings. The van der Waals surface area contributed by atoms with Crippen LogP contribution in [0.1, 0.15) is 283 Å². The van der Waals surface area contributed by atoms with Crippen molar-refractivity contribution in [3.63, 3.8) is 0 Å². The number of nitrogens with zero attached hydrogens (tertiary/aromatic N) is 2.